The summed E-state index contributed by atoms with van der Waals surface area (Å²) in [7, 11) is 0. The van der Waals surface area contributed by atoms with Crippen LogP contribution in [-0.2, 0) is 4.79 Å². The predicted octanol–water partition coefficient (Wildman–Crippen LogP) is 4.80. The van der Waals surface area contributed by atoms with Gasteiger partial charge in [-0.2, -0.15) is 0 Å². The van der Waals surface area contributed by atoms with Crippen LogP contribution in [0.5, 0.6) is 11.5 Å². The molecule has 0 aliphatic carbocycles. The Morgan fingerprint density at radius 2 is 1.89 bits per heavy atom. The molecule has 0 unspecified atom stereocenters. The van der Waals surface area contributed by atoms with E-state index in [0.29, 0.717) is 34.2 Å². The number of benzene rings is 2. The molecule has 0 aliphatic rings. The minimum atomic E-state index is -0.524. The maximum absolute atomic E-state index is 12.1. The van der Waals surface area contributed by atoms with Gasteiger partial charge in [-0.05, 0) is 46.5 Å². The highest BCUT2D eigenvalue weighted by Crippen LogP contribution is 2.27. The second-order valence-electron chi connectivity index (χ2n) is 6.26. The van der Waals surface area contributed by atoms with Gasteiger partial charge in [-0.3, -0.25) is 14.9 Å². The van der Waals surface area contributed by atoms with E-state index in [0.717, 1.165) is 6.42 Å². The quantitative estimate of drug-likeness (QED) is 0.450. The van der Waals surface area contributed by atoms with Crippen LogP contribution in [0.15, 0.2) is 46.9 Å². The molecular formula is C19H21BrN2O5. The molecule has 0 atom stereocenters. The summed E-state index contributed by atoms with van der Waals surface area (Å²) >= 11 is 3.25. The molecule has 7 nitrogen and oxygen atoms in total. The number of nitrogens with zero attached hydrogens (tertiary/aromatic N) is 1. The summed E-state index contributed by atoms with van der Waals surface area (Å²) < 4.78 is 11.7. The maximum atomic E-state index is 12.1. The number of hydrogen-bond donors (Lipinski definition) is 1. The Bertz CT molecular complexity index is 810. The zero-order valence-electron chi connectivity index (χ0n) is 15.1. The molecule has 0 aliphatic heterocycles. The Hall–Kier alpha value is -2.61. The van der Waals surface area contributed by atoms with Crippen molar-refractivity contribution in [2.45, 2.75) is 20.3 Å². The fraction of sp³-hybridized carbons (Fsp3) is 0.316. The predicted molar refractivity (Wildman–Crippen MR) is 106 cm³/mol. The number of non-ortho nitro benzene ring substituents is 1. The molecule has 1 N–H and O–H groups in total. The van der Waals surface area contributed by atoms with Crippen LogP contribution in [0.25, 0.3) is 0 Å². The molecule has 0 saturated heterocycles. The van der Waals surface area contributed by atoms with Crippen LogP contribution >= 0.6 is 15.9 Å². The monoisotopic (exact) mass is 436 g/mol. The van der Waals surface area contributed by atoms with Crippen molar-refractivity contribution in [3.8, 4) is 11.5 Å². The SMILES string of the molecule is CC(C)CCOc1cccc(OCC(=O)Nc2cc([N+](=O)[O-])ccc2Br)c1. The van der Waals surface area contributed by atoms with Gasteiger partial charge in [0.2, 0.25) is 0 Å². The lowest BCUT2D eigenvalue weighted by Gasteiger charge is -2.11. The van der Waals surface area contributed by atoms with E-state index in [9.17, 15) is 14.9 Å². The molecule has 2 aromatic rings. The average molecular weight is 437 g/mol. The number of anilines is 1. The van der Waals surface area contributed by atoms with Crippen molar-refractivity contribution in [3.05, 3.63) is 57.1 Å². The molecule has 0 radical (unpaired) electrons. The van der Waals surface area contributed by atoms with Crippen LogP contribution in [0.1, 0.15) is 20.3 Å². The molecule has 0 fully saturated rings. The van der Waals surface area contributed by atoms with Crippen LogP contribution in [0.2, 0.25) is 0 Å². The summed E-state index contributed by atoms with van der Waals surface area (Å²) in [6.07, 6.45) is 0.950. The normalized spacial score (nSPS) is 10.5. The number of rotatable bonds is 9. The minimum Gasteiger partial charge on any atom is -0.493 e. The molecule has 1 amide bonds. The smallest absolute Gasteiger partial charge is 0.271 e. The lowest BCUT2D eigenvalue weighted by Crippen LogP contribution is -2.20. The highest BCUT2D eigenvalue weighted by Gasteiger charge is 2.12. The maximum Gasteiger partial charge on any atom is 0.271 e. The molecule has 0 aromatic heterocycles. The van der Waals surface area contributed by atoms with Crippen molar-refractivity contribution in [3.63, 3.8) is 0 Å². The zero-order chi connectivity index (χ0) is 19.8. The highest BCUT2D eigenvalue weighted by molar-refractivity contribution is 9.10. The van der Waals surface area contributed by atoms with Crippen LogP contribution in [0.3, 0.4) is 0 Å². The Balaban J connectivity index is 1.90. The van der Waals surface area contributed by atoms with Gasteiger partial charge in [-0.15, -0.1) is 0 Å². The van der Waals surface area contributed by atoms with Crippen molar-refractivity contribution >= 4 is 33.2 Å². The summed E-state index contributed by atoms with van der Waals surface area (Å²) in [5, 5.41) is 13.4. The zero-order valence-corrected chi connectivity index (χ0v) is 16.7. The average Bonchev–Trinajstić information content (AvgIpc) is 2.62. The van der Waals surface area contributed by atoms with E-state index in [2.05, 4.69) is 35.1 Å². The van der Waals surface area contributed by atoms with Gasteiger partial charge >= 0.3 is 0 Å². The van der Waals surface area contributed by atoms with Crippen molar-refractivity contribution in [2.75, 3.05) is 18.5 Å². The standard InChI is InChI=1S/C19H21BrN2O5/c1-13(2)8-9-26-15-4-3-5-16(11-15)27-12-19(23)21-18-10-14(22(24)25)6-7-17(18)20/h3-7,10-11,13H,8-9,12H2,1-2H3,(H,21,23). The molecular weight excluding hydrogens is 416 g/mol. The van der Waals surface area contributed by atoms with Gasteiger partial charge in [0.1, 0.15) is 11.5 Å². The van der Waals surface area contributed by atoms with Crippen molar-refractivity contribution in [2.24, 2.45) is 5.92 Å². The van der Waals surface area contributed by atoms with Crippen LogP contribution in [0.4, 0.5) is 11.4 Å². The fourth-order valence-electron chi connectivity index (χ4n) is 2.12. The van der Waals surface area contributed by atoms with Crippen LogP contribution in [0, 0.1) is 16.0 Å². The number of hydrogen-bond acceptors (Lipinski definition) is 5. The third-order valence-electron chi connectivity index (χ3n) is 3.57. The summed E-state index contributed by atoms with van der Waals surface area (Å²) in [6, 6.07) is 11.2. The molecule has 27 heavy (non-hydrogen) atoms. The van der Waals surface area contributed by atoms with E-state index < -0.39 is 10.8 Å². The van der Waals surface area contributed by atoms with Gasteiger partial charge < -0.3 is 14.8 Å². The highest BCUT2D eigenvalue weighted by atomic mass is 79.9. The number of carbonyl (C=O) groups excluding carboxylic acids is 1. The molecule has 8 heteroatoms. The number of nitro benzene ring substituents is 1. The molecule has 0 saturated carbocycles. The summed E-state index contributed by atoms with van der Waals surface area (Å²) in [5.74, 6) is 1.31. The van der Waals surface area contributed by atoms with Gasteiger partial charge in [0.05, 0.1) is 17.2 Å². The van der Waals surface area contributed by atoms with Gasteiger partial charge in [-0.1, -0.05) is 19.9 Å². The molecule has 0 heterocycles. The van der Waals surface area contributed by atoms with Crippen LogP contribution < -0.4 is 14.8 Å². The van der Waals surface area contributed by atoms with E-state index in [1.54, 1.807) is 18.2 Å². The second kappa shape index (κ2) is 9.91. The lowest BCUT2D eigenvalue weighted by molar-refractivity contribution is -0.384. The lowest BCUT2D eigenvalue weighted by atomic mass is 10.1. The number of carbonyl (C=O) groups is 1. The van der Waals surface area contributed by atoms with E-state index in [-0.39, 0.29) is 12.3 Å². The van der Waals surface area contributed by atoms with E-state index in [1.165, 1.54) is 18.2 Å². The Kier molecular flexibility index (Phi) is 7.60. The molecule has 0 spiro atoms. The minimum absolute atomic E-state index is 0.110. The third-order valence-corrected chi connectivity index (χ3v) is 4.27. The Labute approximate surface area is 166 Å². The first-order valence-corrected chi connectivity index (χ1v) is 9.24. The summed E-state index contributed by atoms with van der Waals surface area (Å²) in [4.78, 5) is 22.4. The van der Waals surface area contributed by atoms with Gasteiger partial charge in [0.15, 0.2) is 6.61 Å². The molecule has 144 valence electrons. The van der Waals surface area contributed by atoms with Gasteiger partial charge in [0, 0.05) is 22.7 Å². The van der Waals surface area contributed by atoms with E-state index >= 15 is 0 Å². The number of nitro groups is 1. The summed E-state index contributed by atoms with van der Waals surface area (Å²) in [6.45, 7) is 4.63. The topological polar surface area (TPSA) is 90.7 Å². The largest absolute Gasteiger partial charge is 0.493 e. The van der Waals surface area contributed by atoms with E-state index in [1.807, 2.05) is 6.07 Å². The number of nitrogens with one attached hydrogen (secondary N) is 1. The Morgan fingerprint density at radius 1 is 1.19 bits per heavy atom. The molecule has 0 bridgehead atoms. The third kappa shape index (κ3) is 6.90. The van der Waals surface area contributed by atoms with E-state index in [4.69, 9.17) is 9.47 Å². The summed E-state index contributed by atoms with van der Waals surface area (Å²) in [5.41, 5.74) is 0.198. The number of halogens is 1. The first kappa shape index (κ1) is 20.7. The van der Waals surface area contributed by atoms with Crippen molar-refractivity contribution < 1.29 is 19.2 Å². The fourth-order valence-corrected chi connectivity index (χ4v) is 2.47. The van der Waals surface area contributed by atoms with Gasteiger partial charge in [-0.25, -0.2) is 0 Å². The van der Waals surface area contributed by atoms with Gasteiger partial charge in [0.25, 0.3) is 11.6 Å². The van der Waals surface area contributed by atoms with Crippen molar-refractivity contribution in [1.82, 2.24) is 0 Å². The first-order valence-electron chi connectivity index (χ1n) is 8.44. The molecule has 2 rings (SSSR count). The van der Waals surface area contributed by atoms with Crippen LogP contribution in [-0.4, -0.2) is 24.0 Å². The number of ether oxygens (including phenoxy) is 2. The Morgan fingerprint density at radius 3 is 2.56 bits per heavy atom. The van der Waals surface area contributed by atoms with Crippen molar-refractivity contribution in [1.29, 1.82) is 0 Å². The molecule has 2 aromatic carbocycles. The first-order chi connectivity index (χ1) is 12.8. The number of amides is 1. The second-order valence-corrected chi connectivity index (χ2v) is 7.12.